The van der Waals surface area contributed by atoms with Crippen LogP contribution < -0.4 is 5.73 Å². The van der Waals surface area contributed by atoms with Gasteiger partial charge in [0.1, 0.15) is 0 Å². The predicted octanol–water partition coefficient (Wildman–Crippen LogP) is 1.95. The van der Waals surface area contributed by atoms with Gasteiger partial charge in [0.25, 0.3) is 0 Å². The molecule has 0 aromatic carbocycles. The zero-order valence-electron chi connectivity index (χ0n) is 8.76. The van der Waals surface area contributed by atoms with Crippen LogP contribution in [0.25, 0.3) is 0 Å². The molecule has 1 heterocycles. The summed E-state index contributed by atoms with van der Waals surface area (Å²) in [7, 11) is 0. The van der Waals surface area contributed by atoms with Crippen LogP contribution in [-0.2, 0) is 6.54 Å². The van der Waals surface area contributed by atoms with Gasteiger partial charge < -0.3 is 5.73 Å². The minimum atomic E-state index is 0.174. The lowest BCUT2D eigenvalue weighted by molar-refractivity contribution is 0.407. The molecular weight excluding hydrogens is 212 g/mol. The monoisotopic (exact) mass is 226 g/mol. The molecule has 1 aromatic rings. The molecule has 0 bridgehead atoms. The van der Waals surface area contributed by atoms with E-state index in [1.165, 1.54) is 0 Å². The van der Waals surface area contributed by atoms with E-state index in [1.54, 1.807) is 0 Å². The number of nitrogens with one attached hydrogen (secondary N) is 1. The van der Waals surface area contributed by atoms with Crippen molar-refractivity contribution in [3.63, 3.8) is 0 Å². The third-order valence-electron chi connectivity index (χ3n) is 2.91. The summed E-state index contributed by atoms with van der Waals surface area (Å²) in [4.78, 5) is 0. The third-order valence-corrected chi connectivity index (χ3v) is 3.28. The van der Waals surface area contributed by atoms with E-state index in [9.17, 15) is 0 Å². The molecular formula is C10H15ClN4. The summed E-state index contributed by atoms with van der Waals surface area (Å²) in [5, 5.41) is 12.3. The van der Waals surface area contributed by atoms with E-state index in [4.69, 9.17) is 22.7 Å². The van der Waals surface area contributed by atoms with Crippen LogP contribution in [0.1, 0.15) is 25.0 Å². The molecule has 15 heavy (non-hydrogen) atoms. The van der Waals surface area contributed by atoms with Crippen molar-refractivity contribution in [1.29, 1.82) is 5.41 Å². The van der Waals surface area contributed by atoms with Crippen molar-refractivity contribution in [3.8, 4) is 0 Å². The minimum absolute atomic E-state index is 0.174. The van der Waals surface area contributed by atoms with Crippen LogP contribution in [0.4, 0.5) is 0 Å². The molecule has 0 radical (unpaired) electrons. The van der Waals surface area contributed by atoms with E-state index in [1.807, 2.05) is 17.8 Å². The second-order valence-electron chi connectivity index (χ2n) is 4.46. The van der Waals surface area contributed by atoms with Gasteiger partial charge in [0.2, 0.25) is 0 Å². The molecule has 0 atom stereocenters. The van der Waals surface area contributed by atoms with Crippen molar-refractivity contribution in [2.24, 2.45) is 11.1 Å². The van der Waals surface area contributed by atoms with Crippen LogP contribution in [0.5, 0.6) is 0 Å². The van der Waals surface area contributed by atoms with Gasteiger partial charge in [0.05, 0.1) is 16.6 Å². The highest BCUT2D eigenvalue weighted by Gasteiger charge is 2.43. The Labute approximate surface area is 93.9 Å². The van der Waals surface area contributed by atoms with E-state index in [0.29, 0.717) is 11.4 Å². The Morgan fingerprint density at radius 2 is 2.40 bits per heavy atom. The Balaban J connectivity index is 2.05. The van der Waals surface area contributed by atoms with Crippen LogP contribution in [0.3, 0.4) is 0 Å². The number of nitrogens with two attached hydrogens (primary N) is 1. The molecule has 0 unspecified atom stereocenters. The summed E-state index contributed by atoms with van der Waals surface area (Å²) in [5.41, 5.74) is 6.47. The Morgan fingerprint density at radius 3 is 2.80 bits per heavy atom. The summed E-state index contributed by atoms with van der Waals surface area (Å²) < 4.78 is 1.87. The molecule has 1 aromatic heterocycles. The summed E-state index contributed by atoms with van der Waals surface area (Å²) >= 11 is 5.93. The van der Waals surface area contributed by atoms with Gasteiger partial charge in [-0.2, -0.15) is 5.10 Å². The van der Waals surface area contributed by atoms with E-state index in [2.05, 4.69) is 5.10 Å². The number of aryl methyl sites for hydroxylation is 1. The van der Waals surface area contributed by atoms with Crippen molar-refractivity contribution in [2.75, 3.05) is 0 Å². The van der Waals surface area contributed by atoms with E-state index in [-0.39, 0.29) is 11.3 Å². The van der Waals surface area contributed by atoms with Crippen LogP contribution >= 0.6 is 11.6 Å². The summed E-state index contributed by atoms with van der Waals surface area (Å²) in [6.07, 6.45) is 4.77. The highest BCUT2D eigenvalue weighted by Crippen LogP contribution is 2.50. The number of rotatable bonds is 4. The molecule has 3 N–H and O–H groups in total. The van der Waals surface area contributed by atoms with Crippen LogP contribution in [0.15, 0.2) is 6.20 Å². The van der Waals surface area contributed by atoms with Gasteiger partial charge in [-0.05, 0) is 25.2 Å². The van der Waals surface area contributed by atoms with E-state index >= 15 is 0 Å². The number of nitrogens with zero attached hydrogens (tertiary/aromatic N) is 2. The van der Waals surface area contributed by atoms with Crippen LogP contribution in [0.2, 0.25) is 5.02 Å². The molecule has 2 rings (SSSR count). The quantitative estimate of drug-likeness (QED) is 0.609. The van der Waals surface area contributed by atoms with Crippen molar-refractivity contribution in [2.45, 2.75) is 32.7 Å². The van der Waals surface area contributed by atoms with Gasteiger partial charge in [-0.25, -0.2) is 0 Å². The van der Waals surface area contributed by atoms with Gasteiger partial charge in [0, 0.05) is 19.2 Å². The van der Waals surface area contributed by atoms with Crippen molar-refractivity contribution in [3.05, 3.63) is 16.9 Å². The first-order valence-electron chi connectivity index (χ1n) is 5.03. The summed E-state index contributed by atoms with van der Waals surface area (Å²) in [6.45, 7) is 2.71. The first kappa shape index (κ1) is 10.5. The largest absolute Gasteiger partial charge is 0.388 e. The fourth-order valence-corrected chi connectivity index (χ4v) is 2.04. The first-order valence-corrected chi connectivity index (χ1v) is 5.41. The second kappa shape index (κ2) is 3.52. The average molecular weight is 227 g/mol. The van der Waals surface area contributed by atoms with E-state index < -0.39 is 0 Å². The molecule has 1 aliphatic rings. The van der Waals surface area contributed by atoms with E-state index in [0.717, 1.165) is 25.1 Å². The molecule has 5 heteroatoms. The second-order valence-corrected chi connectivity index (χ2v) is 4.87. The SMILES string of the molecule is Cc1nn(CC2(CC(=N)N)CC2)cc1Cl. The van der Waals surface area contributed by atoms with Crippen molar-refractivity contribution in [1.82, 2.24) is 9.78 Å². The molecule has 1 aliphatic carbocycles. The van der Waals surface area contributed by atoms with Gasteiger partial charge in [-0.1, -0.05) is 11.6 Å². The van der Waals surface area contributed by atoms with Crippen molar-refractivity contribution >= 4 is 17.4 Å². The molecule has 0 spiro atoms. The molecule has 1 fully saturated rings. The fraction of sp³-hybridized carbons (Fsp3) is 0.600. The summed E-state index contributed by atoms with van der Waals surface area (Å²) in [6, 6.07) is 0. The lowest BCUT2D eigenvalue weighted by atomic mass is 10.0. The molecule has 4 nitrogen and oxygen atoms in total. The van der Waals surface area contributed by atoms with Gasteiger partial charge in [-0.3, -0.25) is 10.1 Å². The average Bonchev–Trinajstić information content (AvgIpc) is 2.75. The number of aromatic nitrogens is 2. The maximum atomic E-state index is 7.33. The zero-order chi connectivity index (χ0) is 11.1. The summed E-state index contributed by atoms with van der Waals surface area (Å²) in [5.74, 6) is 0.266. The topological polar surface area (TPSA) is 67.7 Å². The molecule has 82 valence electrons. The number of halogens is 1. The molecule has 0 amide bonds. The Kier molecular flexibility index (Phi) is 2.46. The van der Waals surface area contributed by atoms with Crippen LogP contribution in [-0.4, -0.2) is 15.6 Å². The molecule has 0 aliphatic heterocycles. The van der Waals surface area contributed by atoms with Crippen LogP contribution in [0, 0.1) is 17.7 Å². The normalized spacial score (nSPS) is 17.7. The third kappa shape index (κ3) is 2.31. The van der Waals surface area contributed by atoms with Crippen molar-refractivity contribution < 1.29 is 0 Å². The maximum absolute atomic E-state index is 7.33. The zero-order valence-corrected chi connectivity index (χ0v) is 9.51. The van der Waals surface area contributed by atoms with Gasteiger partial charge in [-0.15, -0.1) is 0 Å². The lowest BCUT2D eigenvalue weighted by Crippen LogP contribution is -2.20. The standard InChI is InChI=1S/C10H15ClN4/c1-7-8(11)5-15(14-7)6-10(2-3-10)4-9(12)13/h5H,2-4,6H2,1H3,(H3,12,13). The van der Waals surface area contributed by atoms with Gasteiger partial charge in [0.15, 0.2) is 0 Å². The number of hydrogen-bond donors (Lipinski definition) is 2. The highest BCUT2D eigenvalue weighted by atomic mass is 35.5. The number of amidine groups is 1. The predicted molar refractivity (Wildman–Crippen MR) is 60.2 cm³/mol. The number of hydrogen-bond acceptors (Lipinski definition) is 2. The first-order chi connectivity index (χ1) is 7.01. The lowest BCUT2D eigenvalue weighted by Gasteiger charge is -2.13. The smallest absolute Gasteiger partial charge is 0.0911 e. The fourth-order valence-electron chi connectivity index (χ4n) is 1.89. The minimum Gasteiger partial charge on any atom is -0.388 e. The molecule has 0 saturated heterocycles. The molecule has 1 saturated carbocycles. The van der Waals surface area contributed by atoms with Gasteiger partial charge >= 0.3 is 0 Å². The highest BCUT2D eigenvalue weighted by molar-refractivity contribution is 6.31. The maximum Gasteiger partial charge on any atom is 0.0911 e. The Hall–Kier alpha value is -1.03. The Morgan fingerprint density at radius 1 is 1.73 bits per heavy atom. The Bertz CT molecular complexity index is 373.